The molecule has 0 aromatic carbocycles. The van der Waals surface area contributed by atoms with E-state index in [0.717, 1.165) is 6.42 Å². The smallest absolute Gasteiger partial charge is 0.228 e. The summed E-state index contributed by atoms with van der Waals surface area (Å²) in [5.74, 6) is 0.611. The Morgan fingerprint density at radius 3 is 2.75 bits per heavy atom. The van der Waals surface area contributed by atoms with Gasteiger partial charge >= 0.3 is 0 Å². The van der Waals surface area contributed by atoms with Crippen LogP contribution in [0.2, 0.25) is 0 Å². The Hall–Kier alpha value is -0.640. The fourth-order valence-corrected chi connectivity index (χ4v) is 2.61. The molecule has 0 aromatic heterocycles. The average Bonchev–Trinajstić information content (AvgIpc) is 2.63. The van der Waals surface area contributed by atoms with E-state index in [4.69, 9.17) is 4.74 Å². The molecule has 2 aliphatic rings. The maximum absolute atomic E-state index is 12.3. The van der Waals surface area contributed by atoms with Crippen LogP contribution in [-0.2, 0) is 9.53 Å². The standard InChI is InChI=1S/C12H20FNO2/c1-8(2)11-10(3-4-16-11)12(15)14-6-9(5-13)7-14/h8-11H,3-7H2,1-2H3. The molecular formula is C12H20FNO2. The van der Waals surface area contributed by atoms with E-state index in [0.29, 0.717) is 25.6 Å². The summed E-state index contributed by atoms with van der Waals surface area (Å²) in [6.45, 7) is 5.72. The molecule has 0 aromatic rings. The second kappa shape index (κ2) is 4.70. The van der Waals surface area contributed by atoms with E-state index < -0.39 is 0 Å². The van der Waals surface area contributed by atoms with Crippen molar-refractivity contribution in [2.45, 2.75) is 26.4 Å². The van der Waals surface area contributed by atoms with Crippen LogP contribution in [0, 0.1) is 17.8 Å². The second-order valence-corrected chi connectivity index (χ2v) is 5.24. The van der Waals surface area contributed by atoms with Gasteiger partial charge in [0, 0.05) is 25.6 Å². The molecule has 0 spiro atoms. The molecule has 92 valence electrons. The van der Waals surface area contributed by atoms with Crippen molar-refractivity contribution in [3.05, 3.63) is 0 Å². The molecule has 0 N–H and O–H groups in total. The summed E-state index contributed by atoms with van der Waals surface area (Å²) in [7, 11) is 0. The van der Waals surface area contributed by atoms with Gasteiger partial charge < -0.3 is 9.64 Å². The highest BCUT2D eigenvalue weighted by atomic mass is 19.1. The molecule has 2 saturated heterocycles. The zero-order valence-electron chi connectivity index (χ0n) is 9.99. The number of rotatable bonds is 3. The van der Waals surface area contributed by atoms with Crippen LogP contribution in [0.1, 0.15) is 20.3 Å². The molecule has 2 rings (SSSR count). The van der Waals surface area contributed by atoms with Gasteiger partial charge in [-0.25, -0.2) is 0 Å². The lowest BCUT2D eigenvalue weighted by atomic mass is 9.89. The van der Waals surface area contributed by atoms with Crippen LogP contribution in [0.3, 0.4) is 0 Å². The molecule has 2 unspecified atom stereocenters. The topological polar surface area (TPSA) is 29.5 Å². The van der Waals surface area contributed by atoms with Gasteiger partial charge in [-0.05, 0) is 12.3 Å². The fraction of sp³-hybridized carbons (Fsp3) is 0.917. The summed E-state index contributed by atoms with van der Waals surface area (Å²) in [6, 6.07) is 0. The number of amides is 1. The Kier molecular flexibility index (Phi) is 3.47. The fourth-order valence-electron chi connectivity index (χ4n) is 2.61. The van der Waals surface area contributed by atoms with E-state index in [1.54, 1.807) is 4.90 Å². The molecule has 3 nitrogen and oxygen atoms in total. The van der Waals surface area contributed by atoms with Gasteiger partial charge in [0.25, 0.3) is 0 Å². The minimum atomic E-state index is -0.307. The predicted octanol–water partition coefficient (Wildman–Crippen LogP) is 1.48. The van der Waals surface area contributed by atoms with Crippen molar-refractivity contribution >= 4 is 5.91 Å². The lowest BCUT2D eigenvalue weighted by molar-refractivity contribution is -0.145. The quantitative estimate of drug-likeness (QED) is 0.733. The Morgan fingerprint density at radius 1 is 1.50 bits per heavy atom. The van der Waals surface area contributed by atoms with Crippen LogP contribution >= 0.6 is 0 Å². The van der Waals surface area contributed by atoms with Gasteiger partial charge in [-0.15, -0.1) is 0 Å². The third kappa shape index (κ3) is 2.08. The minimum absolute atomic E-state index is 0.000520. The number of carbonyl (C=O) groups excluding carboxylic acids is 1. The first-order valence-corrected chi connectivity index (χ1v) is 6.09. The third-order valence-corrected chi connectivity index (χ3v) is 3.60. The number of ether oxygens (including phenoxy) is 1. The number of hydrogen-bond donors (Lipinski definition) is 0. The molecule has 0 aliphatic carbocycles. The Morgan fingerprint density at radius 2 is 2.19 bits per heavy atom. The van der Waals surface area contributed by atoms with Crippen molar-refractivity contribution in [2.24, 2.45) is 17.8 Å². The van der Waals surface area contributed by atoms with Crippen molar-refractivity contribution in [1.29, 1.82) is 0 Å². The van der Waals surface area contributed by atoms with E-state index in [1.165, 1.54) is 0 Å². The normalized spacial score (nSPS) is 30.9. The number of nitrogens with zero attached hydrogens (tertiary/aromatic N) is 1. The zero-order valence-corrected chi connectivity index (χ0v) is 9.99. The lowest BCUT2D eigenvalue weighted by Crippen LogP contribution is -2.54. The lowest BCUT2D eigenvalue weighted by Gasteiger charge is -2.40. The largest absolute Gasteiger partial charge is 0.377 e. The Labute approximate surface area is 95.9 Å². The number of likely N-dealkylation sites (tertiary alicyclic amines) is 1. The van der Waals surface area contributed by atoms with Gasteiger partial charge in [-0.1, -0.05) is 13.8 Å². The molecule has 2 fully saturated rings. The van der Waals surface area contributed by atoms with E-state index in [9.17, 15) is 9.18 Å². The minimum Gasteiger partial charge on any atom is -0.377 e. The van der Waals surface area contributed by atoms with Crippen LogP contribution in [0.15, 0.2) is 0 Å². The Bertz CT molecular complexity index is 264. The Balaban J connectivity index is 1.90. The molecular weight excluding hydrogens is 209 g/mol. The van der Waals surface area contributed by atoms with Crippen molar-refractivity contribution in [3.8, 4) is 0 Å². The van der Waals surface area contributed by atoms with Crippen LogP contribution in [0.5, 0.6) is 0 Å². The first-order chi connectivity index (χ1) is 7.63. The summed E-state index contributed by atoms with van der Waals surface area (Å²) >= 11 is 0. The van der Waals surface area contributed by atoms with Crippen molar-refractivity contribution in [1.82, 2.24) is 4.90 Å². The van der Waals surface area contributed by atoms with Gasteiger partial charge in [0.15, 0.2) is 0 Å². The highest BCUT2D eigenvalue weighted by Gasteiger charge is 2.41. The summed E-state index contributed by atoms with van der Waals surface area (Å²) in [6.07, 6.45) is 0.871. The molecule has 2 atom stereocenters. The monoisotopic (exact) mass is 229 g/mol. The van der Waals surface area contributed by atoms with Gasteiger partial charge in [0.1, 0.15) is 0 Å². The van der Waals surface area contributed by atoms with Crippen molar-refractivity contribution < 1.29 is 13.9 Å². The molecule has 0 radical (unpaired) electrons. The molecule has 0 bridgehead atoms. The van der Waals surface area contributed by atoms with Crippen molar-refractivity contribution in [3.63, 3.8) is 0 Å². The molecule has 1 amide bonds. The van der Waals surface area contributed by atoms with Crippen LogP contribution < -0.4 is 0 Å². The van der Waals surface area contributed by atoms with Crippen molar-refractivity contribution in [2.75, 3.05) is 26.4 Å². The van der Waals surface area contributed by atoms with Gasteiger partial charge in [-0.3, -0.25) is 9.18 Å². The van der Waals surface area contributed by atoms with E-state index in [1.807, 2.05) is 0 Å². The SMILES string of the molecule is CC(C)C1OCCC1C(=O)N1CC(CF)C1. The number of hydrogen-bond acceptors (Lipinski definition) is 2. The van der Waals surface area contributed by atoms with Gasteiger partial charge in [-0.2, -0.15) is 0 Å². The predicted molar refractivity (Wildman–Crippen MR) is 58.7 cm³/mol. The molecule has 2 aliphatic heterocycles. The third-order valence-electron chi connectivity index (χ3n) is 3.60. The van der Waals surface area contributed by atoms with Gasteiger partial charge in [0.05, 0.1) is 18.7 Å². The number of alkyl halides is 1. The highest BCUT2D eigenvalue weighted by Crippen LogP contribution is 2.30. The first-order valence-electron chi connectivity index (χ1n) is 6.09. The van der Waals surface area contributed by atoms with E-state index in [-0.39, 0.29) is 30.5 Å². The summed E-state index contributed by atoms with van der Waals surface area (Å²) in [4.78, 5) is 13.9. The second-order valence-electron chi connectivity index (χ2n) is 5.24. The number of carbonyl (C=O) groups is 1. The van der Waals surface area contributed by atoms with Crippen LogP contribution in [-0.4, -0.2) is 43.3 Å². The van der Waals surface area contributed by atoms with Crippen LogP contribution in [0.4, 0.5) is 4.39 Å². The summed E-state index contributed by atoms with van der Waals surface area (Å²) in [5, 5.41) is 0. The molecule has 2 heterocycles. The molecule has 0 saturated carbocycles. The van der Waals surface area contributed by atoms with E-state index in [2.05, 4.69) is 13.8 Å². The van der Waals surface area contributed by atoms with Gasteiger partial charge in [0.2, 0.25) is 5.91 Å². The maximum atomic E-state index is 12.3. The molecule has 4 heteroatoms. The zero-order chi connectivity index (χ0) is 11.7. The first kappa shape index (κ1) is 11.8. The van der Waals surface area contributed by atoms with Crippen LogP contribution in [0.25, 0.3) is 0 Å². The summed E-state index contributed by atoms with van der Waals surface area (Å²) in [5.41, 5.74) is 0. The maximum Gasteiger partial charge on any atom is 0.228 e. The average molecular weight is 229 g/mol. The summed E-state index contributed by atoms with van der Waals surface area (Å²) < 4.78 is 17.9. The molecule has 16 heavy (non-hydrogen) atoms. The van der Waals surface area contributed by atoms with E-state index >= 15 is 0 Å². The number of halogens is 1. The highest BCUT2D eigenvalue weighted by molar-refractivity contribution is 5.80.